The average molecular weight is 352 g/mol. The van der Waals surface area contributed by atoms with Crippen molar-refractivity contribution in [3.8, 4) is 5.75 Å². The van der Waals surface area contributed by atoms with Crippen LogP contribution in [-0.2, 0) is 16.0 Å². The Balaban J connectivity index is 1.48. The summed E-state index contributed by atoms with van der Waals surface area (Å²) in [6.07, 6.45) is 8.41. The molecular weight excluding hydrogens is 324 g/mol. The minimum absolute atomic E-state index is 0.00571. The van der Waals surface area contributed by atoms with Gasteiger partial charge in [0.05, 0.1) is 5.92 Å². The number of carbonyl (C=O) groups is 1. The number of ether oxygens (including phenoxy) is 1. The summed E-state index contributed by atoms with van der Waals surface area (Å²) in [5, 5.41) is 9.83. The van der Waals surface area contributed by atoms with Crippen LogP contribution in [0.4, 0.5) is 0 Å². The van der Waals surface area contributed by atoms with Gasteiger partial charge >= 0.3 is 5.97 Å². The number of phenols is 1. The van der Waals surface area contributed by atoms with Crippen LogP contribution in [0.5, 0.6) is 5.75 Å². The maximum atomic E-state index is 12.4. The monoisotopic (exact) mass is 352 g/mol. The van der Waals surface area contributed by atoms with Gasteiger partial charge in [0.2, 0.25) is 0 Å². The predicted molar refractivity (Wildman–Crippen MR) is 99.8 cm³/mol. The van der Waals surface area contributed by atoms with Gasteiger partial charge in [0, 0.05) is 11.3 Å². The van der Waals surface area contributed by atoms with Crippen LogP contribution in [-0.4, -0.2) is 17.2 Å². The molecular formula is C23H28O3. The van der Waals surface area contributed by atoms with Crippen LogP contribution in [0, 0.1) is 29.1 Å². The molecule has 3 nitrogen and oxygen atoms in total. The van der Waals surface area contributed by atoms with E-state index in [4.69, 9.17) is 4.74 Å². The second-order valence-corrected chi connectivity index (χ2v) is 9.23. The Labute approximate surface area is 155 Å². The van der Waals surface area contributed by atoms with Gasteiger partial charge in [-0.05, 0) is 79.5 Å². The normalized spacial score (nSPS) is 43.0. The molecule has 4 aliphatic rings. The van der Waals surface area contributed by atoms with Gasteiger partial charge in [-0.1, -0.05) is 19.1 Å². The van der Waals surface area contributed by atoms with Crippen molar-refractivity contribution in [2.24, 2.45) is 29.1 Å². The number of esters is 1. The van der Waals surface area contributed by atoms with E-state index in [0.717, 1.165) is 25.7 Å². The molecule has 1 aromatic carbocycles. The zero-order valence-electron chi connectivity index (χ0n) is 15.5. The number of rotatable bonds is 2. The van der Waals surface area contributed by atoms with Crippen molar-refractivity contribution in [1.29, 1.82) is 0 Å². The van der Waals surface area contributed by atoms with E-state index in [1.54, 1.807) is 0 Å². The second kappa shape index (κ2) is 5.61. The number of allylic oxidation sites excluding steroid dienone is 1. The summed E-state index contributed by atoms with van der Waals surface area (Å²) < 4.78 is 5.97. The Hall–Kier alpha value is -1.77. The smallest absolute Gasteiger partial charge is 0.309 e. The second-order valence-electron chi connectivity index (χ2n) is 9.23. The first-order valence-electron chi connectivity index (χ1n) is 10.2. The maximum Gasteiger partial charge on any atom is 0.309 e. The van der Waals surface area contributed by atoms with Crippen LogP contribution in [0.2, 0.25) is 0 Å². The fourth-order valence-electron chi connectivity index (χ4n) is 7.05. The van der Waals surface area contributed by atoms with Crippen molar-refractivity contribution >= 4 is 5.97 Å². The molecule has 0 radical (unpaired) electrons. The maximum absolute atomic E-state index is 12.4. The van der Waals surface area contributed by atoms with Crippen molar-refractivity contribution in [3.05, 3.63) is 42.0 Å². The first-order valence-corrected chi connectivity index (χ1v) is 10.2. The fraction of sp³-hybridized carbons (Fsp3) is 0.609. The molecule has 7 atom stereocenters. The Bertz CT molecular complexity index is 769. The van der Waals surface area contributed by atoms with E-state index in [9.17, 15) is 9.90 Å². The van der Waals surface area contributed by atoms with E-state index in [1.165, 1.54) is 24.0 Å². The topological polar surface area (TPSA) is 46.5 Å². The molecule has 138 valence electrons. The lowest BCUT2D eigenvalue weighted by Gasteiger charge is -2.50. The lowest BCUT2D eigenvalue weighted by atomic mass is 9.55. The van der Waals surface area contributed by atoms with Gasteiger partial charge in [-0.15, -0.1) is 6.58 Å². The van der Waals surface area contributed by atoms with Crippen LogP contribution in [0.15, 0.2) is 30.9 Å². The molecule has 0 aromatic heterocycles. The van der Waals surface area contributed by atoms with Crippen molar-refractivity contribution in [3.63, 3.8) is 0 Å². The van der Waals surface area contributed by atoms with Gasteiger partial charge in [0.25, 0.3) is 0 Å². The van der Waals surface area contributed by atoms with Crippen molar-refractivity contribution < 1.29 is 14.6 Å². The molecule has 1 N–H and O–H groups in total. The lowest BCUT2D eigenvalue weighted by molar-refractivity contribution is -0.151. The van der Waals surface area contributed by atoms with E-state index in [0.29, 0.717) is 29.4 Å². The minimum atomic E-state index is 0.00571. The molecule has 26 heavy (non-hydrogen) atoms. The summed E-state index contributed by atoms with van der Waals surface area (Å²) >= 11 is 0. The molecule has 3 aliphatic carbocycles. The summed E-state index contributed by atoms with van der Waals surface area (Å²) in [4.78, 5) is 12.4. The van der Waals surface area contributed by atoms with Crippen molar-refractivity contribution in [2.45, 2.75) is 57.5 Å². The molecule has 3 heteroatoms. The van der Waals surface area contributed by atoms with Crippen LogP contribution in [0.3, 0.4) is 0 Å². The number of aromatic hydroxyl groups is 1. The Morgan fingerprint density at radius 1 is 1.35 bits per heavy atom. The number of aryl methyl sites for hydroxylation is 1. The van der Waals surface area contributed by atoms with Gasteiger partial charge < -0.3 is 9.84 Å². The van der Waals surface area contributed by atoms with Gasteiger partial charge in [0.15, 0.2) is 0 Å². The number of hydrogen-bond acceptors (Lipinski definition) is 3. The van der Waals surface area contributed by atoms with Gasteiger partial charge in [0.1, 0.15) is 11.9 Å². The molecule has 0 amide bonds. The van der Waals surface area contributed by atoms with Crippen LogP contribution in [0.25, 0.3) is 0 Å². The third kappa shape index (κ3) is 2.09. The van der Waals surface area contributed by atoms with E-state index >= 15 is 0 Å². The Kier molecular flexibility index (Phi) is 3.54. The molecule has 1 saturated heterocycles. The van der Waals surface area contributed by atoms with E-state index in [2.05, 4.69) is 19.6 Å². The fourth-order valence-corrected chi connectivity index (χ4v) is 7.05. The summed E-state index contributed by atoms with van der Waals surface area (Å²) in [6.45, 7) is 6.23. The van der Waals surface area contributed by atoms with Crippen LogP contribution >= 0.6 is 0 Å². The zero-order chi connectivity index (χ0) is 18.1. The predicted octanol–water partition coefficient (Wildman–Crippen LogP) is 4.59. The van der Waals surface area contributed by atoms with E-state index in [1.807, 2.05) is 18.2 Å². The number of fused-ring (bicyclic) bond motifs is 7. The first-order chi connectivity index (χ1) is 12.5. The molecule has 1 aromatic rings. The van der Waals surface area contributed by atoms with E-state index in [-0.39, 0.29) is 23.4 Å². The third-order valence-electron chi connectivity index (χ3n) is 8.20. The molecule has 1 unspecified atom stereocenters. The largest absolute Gasteiger partial charge is 0.508 e. The van der Waals surface area contributed by atoms with Crippen molar-refractivity contribution in [1.82, 2.24) is 0 Å². The number of carbonyl (C=O) groups excluding carboxylic acids is 1. The highest BCUT2D eigenvalue weighted by Crippen LogP contribution is 2.65. The molecule has 0 bridgehead atoms. The van der Waals surface area contributed by atoms with Crippen molar-refractivity contribution in [2.75, 3.05) is 0 Å². The number of benzene rings is 1. The molecule has 2 saturated carbocycles. The number of hydrogen-bond donors (Lipinski definition) is 1. The molecule has 3 fully saturated rings. The zero-order valence-corrected chi connectivity index (χ0v) is 15.5. The highest BCUT2D eigenvalue weighted by Gasteiger charge is 2.64. The summed E-state index contributed by atoms with van der Waals surface area (Å²) in [6, 6.07) is 5.96. The van der Waals surface area contributed by atoms with Crippen LogP contribution in [0.1, 0.15) is 56.1 Å². The summed E-state index contributed by atoms with van der Waals surface area (Å²) in [7, 11) is 0. The first kappa shape index (κ1) is 16.4. The van der Waals surface area contributed by atoms with Gasteiger partial charge in [-0.2, -0.15) is 0 Å². The Morgan fingerprint density at radius 3 is 3.00 bits per heavy atom. The number of phenolic OH excluding ortho intramolecular Hbond substituents is 1. The third-order valence-corrected chi connectivity index (χ3v) is 8.20. The lowest BCUT2D eigenvalue weighted by Crippen LogP contribution is -2.44. The quantitative estimate of drug-likeness (QED) is 0.625. The summed E-state index contributed by atoms with van der Waals surface area (Å²) in [5.41, 5.74) is 2.92. The minimum Gasteiger partial charge on any atom is -0.508 e. The summed E-state index contributed by atoms with van der Waals surface area (Å²) in [5.74, 6) is 2.70. The van der Waals surface area contributed by atoms with Gasteiger partial charge in [-0.25, -0.2) is 0 Å². The van der Waals surface area contributed by atoms with Gasteiger partial charge in [-0.3, -0.25) is 4.79 Å². The average Bonchev–Trinajstić information content (AvgIpc) is 3.09. The molecule has 5 rings (SSSR count). The SMILES string of the molecule is C=CC[C@H]1C(=O)OC2[C@@H]1C[C@H]1[C@@H]3CCc4cc(O)ccc4[C@H]3CC[C@]21C. The standard InChI is InChI=1S/C23H28O3/c1-3-4-18-19-12-20-17-7-5-13-11-14(24)6-8-15(13)16(17)9-10-23(20,2)21(19)26-22(18)25/h3,6,8,11,16-21,24H,1,4-5,7,9-10,12H2,2H3/t16-,17-,18-,19-,20+,21?,23+/m1/s1. The Morgan fingerprint density at radius 2 is 2.19 bits per heavy atom. The molecule has 1 heterocycles. The molecule has 0 spiro atoms. The molecule has 1 aliphatic heterocycles. The highest BCUT2D eigenvalue weighted by atomic mass is 16.6. The van der Waals surface area contributed by atoms with E-state index < -0.39 is 0 Å². The van der Waals surface area contributed by atoms with Crippen LogP contribution < -0.4 is 0 Å². The highest BCUT2D eigenvalue weighted by molar-refractivity contribution is 5.76.